The molecule has 6 heteroatoms. The predicted molar refractivity (Wildman–Crippen MR) is 61.2 cm³/mol. The molecule has 0 spiro atoms. The highest BCUT2D eigenvalue weighted by Gasteiger charge is 2.20. The number of hydrogen-bond donors (Lipinski definition) is 0. The number of ether oxygens (including phenoxy) is 1. The monoisotopic (exact) mass is 238 g/mol. The molecule has 1 aromatic heterocycles. The molecule has 0 amide bonds. The van der Waals surface area contributed by atoms with E-state index < -0.39 is 4.92 Å². The normalized spacial score (nSPS) is 17.0. The predicted octanol–water partition coefficient (Wildman–Crippen LogP) is 1.42. The zero-order chi connectivity index (χ0) is 12.4. The minimum atomic E-state index is -0.470. The highest BCUT2D eigenvalue weighted by atomic mass is 16.6. The van der Waals surface area contributed by atoms with Crippen molar-refractivity contribution in [1.29, 1.82) is 0 Å². The van der Waals surface area contributed by atoms with Gasteiger partial charge in [-0.1, -0.05) is 0 Å². The third-order valence-electron chi connectivity index (χ3n) is 3.00. The van der Waals surface area contributed by atoms with Crippen LogP contribution >= 0.6 is 0 Å². The Balaban J connectivity index is 2.44. The molecule has 92 valence electrons. The van der Waals surface area contributed by atoms with Crippen molar-refractivity contribution < 1.29 is 9.66 Å². The van der Waals surface area contributed by atoms with Gasteiger partial charge in [0.2, 0.25) is 0 Å². The van der Waals surface area contributed by atoms with Crippen LogP contribution in [0.25, 0.3) is 0 Å². The van der Waals surface area contributed by atoms with Crippen molar-refractivity contribution >= 4 is 5.69 Å². The fourth-order valence-corrected chi connectivity index (χ4v) is 2.06. The number of nitrogens with zero attached hydrogens (tertiary/aromatic N) is 2. The summed E-state index contributed by atoms with van der Waals surface area (Å²) >= 11 is 0. The Labute approximate surface area is 98.0 Å². The summed E-state index contributed by atoms with van der Waals surface area (Å²) in [7, 11) is 0. The lowest BCUT2D eigenvalue weighted by Crippen LogP contribution is -2.30. The van der Waals surface area contributed by atoms with Gasteiger partial charge in [-0.25, -0.2) is 0 Å². The first-order valence-electron chi connectivity index (χ1n) is 5.54. The van der Waals surface area contributed by atoms with Crippen molar-refractivity contribution in [2.75, 3.05) is 13.2 Å². The van der Waals surface area contributed by atoms with Crippen molar-refractivity contribution in [3.8, 4) is 0 Å². The minimum Gasteiger partial charge on any atom is -0.381 e. The molecule has 1 fully saturated rings. The van der Waals surface area contributed by atoms with Crippen molar-refractivity contribution in [1.82, 2.24) is 4.57 Å². The second-order valence-electron chi connectivity index (χ2n) is 4.19. The van der Waals surface area contributed by atoms with Gasteiger partial charge in [0, 0.05) is 30.9 Å². The van der Waals surface area contributed by atoms with Crippen LogP contribution in [0.2, 0.25) is 0 Å². The third kappa shape index (κ3) is 2.36. The number of aryl methyl sites for hydroxylation is 1. The molecule has 0 aromatic carbocycles. The molecule has 1 aliphatic rings. The average molecular weight is 238 g/mol. The van der Waals surface area contributed by atoms with Gasteiger partial charge in [-0.15, -0.1) is 0 Å². The summed E-state index contributed by atoms with van der Waals surface area (Å²) in [5.74, 6) is 0. The maximum absolute atomic E-state index is 11.9. The lowest BCUT2D eigenvalue weighted by atomic mass is 10.1. The summed E-state index contributed by atoms with van der Waals surface area (Å²) in [5, 5.41) is 10.8. The quantitative estimate of drug-likeness (QED) is 0.576. The van der Waals surface area contributed by atoms with Gasteiger partial charge in [0.25, 0.3) is 11.2 Å². The first-order valence-corrected chi connectivity index (χ1v) is 5.54. The van der Waals surface area contributed by atoms with E-state index in [9.17, 15) is 14.9 Å². The van der Waals surface area contributed by atoms with E-state index in [1.54, 1.807) is 6.92 Å². The largest absolute Gasteiger partial charge is 0.381 e. The lowest BCUT2D eigenvalue weighted by Gasteiger charge is -2.24. The summed E-state index contributed by atoms with van der Waals surface area (Å²) in [6, 6.07) is 1.33. The standard InChI is InChI=1S/C11H14N2O4/c1-8-6-10(13(15)16)7-12(11(8)14)9-2-4-17-5-3-9/h6-7,9H,2-5H2,1H3. The Hall–Kier alpha value is -1.69. The summed E-state index contributed by atoms with van der Waals surface area (Å²) in [6.45, 7) is 2.79. The van der Waals surface area contributed by atoms with Crippen LogP contribution in [-0.4, -0.2) is 22.7 Å². The maximum atomic E-state index is 11.9. The van der Waals surface area contributed by atoms with Crippen molar-refractivity contribution in [2.45, 2.75) is 25.8 Å². The molecule has 0 saturated carbocycles. The first-order chi connectivity index (χ1) is 8.09. The molecule has 0 atom stereocenters. The average Bonchev–Trinajstić information content (AvgIpc) is 2.33. The Kier molecular flexibility index (Phi) is 3.23. The Morgan fingerprint density at radius 3 is 2.71 bits per heavy atom. The van der Waals surface area contributed by atoms with Gasteiger partial charge in [-0.05, 0) is 19.8 Å². The van der Waals surface area contributed by atoms with Crippen LogP contribution in [0.15, 0.2) is 17.1 Å². The molecule has 1 aliphatic heterocycles. The fraction of sp³-hybridized carbons (Fsp3) is 0.545. The number of rotatable bonds is 2. The molecule has 2 heterocycles. The van der Waals surface area contributed by atoms with E-state index in [0.717, 1.165) is 12.8 Å². The van der Waals surface area contributed by atoms with E-state index in [0.29, 0.717) is 18.8 Å². The minimum absolute atomic E-state index is 0.00912. The number of pyridine rings is 1. The summed E-state index contributed by atoms with van der Waals surface area (Å²) < 4.78 is 6.70. The van der Waals surface area contributed by atoms with Gasteiger partial charge in [0.1, 0.15) is 0 Å². The van der Waals surface area contributed by atoms with Crippen LogP contribution in [0.5, 0.6) is 0 Å². The highest BCUT2D eigenvalue weighted by Crippen LogP contribution is 2.21. The Bertz CT molecular complexity index is 489. The molecular weight excluding hydrogens is 224 g/mol. The zero-order valence-corrected chi connectivity index (χ0v) is 9.59. The van der Waals surface area contributed by atoms with Crippen molar-refractivity contribution in [3.05, 3.63) is 38.3 Å². The van der Waals surface area contributed by atoms with Crippen molar-refractivity contribution in [3.63, 3.8) is 0 Å². The fourth-order valence-electron chi connectivity index (χ4n) is 2.06. The lowest BCUT2D eigenvalue weighted by molar-refractivity contribution is -0.385. The van der Waals surface area contributed by atoms with Crippen LogP contribution in [-0.2, 0) is 4.74 Å². The van der Waals surface area contributed by atoms with Gasteiger partial charge < -0.3 is 9.30 Å². The SMILES string of the molecule is Cc1cc([N+](=O)[O-])cn(C2CCOCC2)c1=O. The topological polar surface area (TPSA) is 74.4 Å². The molecule has 0 N–H and O–H groups in total. The summed E-state index contributed by atoms with van der Waals surface area (Å²) in [6.07, 6.45) is 2.78. The molecule has 1 aromatic rings. The molecule has 0 aliphatic carbocycles. The molecular formula is C11H14N2O4. The van der Waals surface area contributed by atoms with Crippen LogP contribution < -0.4 is 5.56 Å². The number of nitro groups is 1. The zero-order valence-electron chi connectivity index (χ0n) is 9.59. The van der Waals surface area contributed by atoms with E-state index in [2.05, 4.69) is 0 Å². The summed E-state index contributed by atoms with van der Waals surface area (Å²) in [4.78, 5) is 22.2. The molecule has 0 radical (unpaired) electrons. The summed E-state index contributed by atoms with van der Waals surface area (Å²) in [5.41, 5.74) is 0.224. The van der Waals surface area contributed by atoms with Gasteiger partial charge in [-0.3, -0.25) is 14.9 Å². The molecule has 2 rings (SSSR count). The highest BCUT2D eigenvalue weighted by molar-refractivity contribution is 5.30. The second-order valence-corrected chi connectivity index (χ2v) is 4.19. The van der Waals surface area contributed by atoms with E-state index in [1.165, 1.54) is 16.8 Å². The van der Waals surface area contributed by atoms with Gasteiger partial charge in [-0.2, -0.15) is 0 Å². The van der Waals surface area contributed by atoms with E-state index in [4.69, 9.17) is 4.74 Å². The smallest absolute Gasteiger partial charge is 0.286 e. The first kappa shape index (κ1) is 11.8. The molecule has 17 heavy (non-hydrogen) atoms. The van der Waals surface area contributed by atoms with E-state index >= 15 is 0 Å². The molecule has 1 saturated heterocycles. The van der Waals surface area contributed by atoms with Crippen LogP contribution in [0.3, 0.4) is 0 Å². The molecule has 6 nitrogen and oxygen atoms in total. The molecule has 0 bridgehead atoms. The van der Waals surface area contributed by atoms with Gasteiger partial charge >= 0.3 is 0 Å². The number of aromatic nitrogens is 1. The second kappa shape index (κ2) is 4.67. The van der Waals surface area contributed by atoms with Crippen LogP contribution in [0.4, 0.5) is 5.69 Å². The van der Waals surface area contributed by atoms with Crippen LogP contribution in [0.1, 0.15) is 24.4 Å². The number of hydrogen-bond acceptors (Lipinski definition) is 4. The Morgan fingerprint density at radius 2 is 2.12 bits per heavy atom. The maximum Gasteiger partial charge on any atom is 0.286 e. The van der Waals surface area contributed by atoms with E-state index in [1.807, 2.05) is 0 Å². The van der Waals surface area contributed by atoms with E-state index in [-0.39, 0.29) is 17.3 Å². The van der Waals surface area contributed by atoms with Crippen LogP contribution in [0, 0.1) is 17.0 Å². The molecule has 0 unspecified atom stereocenters. The Morgan fingerprint density at radius 1 is 1.47 bits per heavy atom. The van der Waals surface area contributed by atoms with Gasteiger partial charge in [0.15, 0.2) is 0 Å². The van der Waals surface area contributed by atoms with Crippen molar-refractivity contribution in [2.24, 2.45) is 0 Å². The van der Waals surface area contributed by atoms with Gasteiger partial charge in [0.05, 0.1) is 11.1 Å². The third-order valence-corrected chi connectivity index (χ3v) is 3.00.